The number of anilines is 1. The van der Waals surface area contributed by atoms with Gasteiger partial charge in [-0.25, -0.2) is 18.4 Å². The van der Waals surface area contributed by atoms with Gasteiger partial charge < -0.3 is 5.73 Å². The summed E-state index contributed by atoms with van der Waals surface area (Å²) in [5, 5.41) is 5.18. The topological polar surface area (TPSA) is 103 Å². The SMILES string of the molecule is Nc1c(S(=O)(=O)c2ccccc2)c2nc3ccccc3nc2n1N=Cc1ccc(Cl)c(Cl)c1. The number of sulfone groups is 1. The average molecular weight is 496 g/mol. The van der Waals surface area contributed by atoms with Gasteiger partial charge in [0, 0.05) is 0 Å². The molecule has 0 atom stereocenters. The van der Waals surface area contributed by atoms with Crippen LogP contribution in [0.1, 0.15) is 5.56 Å². The Balaban J connectivity index is 1.79. The van der Waals surface area contributed by atoms with E-state index in [1.807, 2.05) is 6.07 Å². The van der Waals surface area contributed by atoms with E-state index in [9.17, 15) is 8.42 Å². The van der Waals surface area contributed by atoms with Gasteiger partial charge in [0.05, 0.1) is 32.2 Å². The van der Waals surface area contributed by atoms with Gasteiger partial charge in [0.15, 0.2) is 5.65 Å². The van der Waals surface area contributed by atoms with Gasteiger partial charge in [-0.2, -0.15) is 9.78 Å². The number of hydrogen-bond acceptors (Lipinski definition) is 6. The molecule has 0 spiro atoms. The monoisotopic (exact) mass is 495 g/mol. The summed E-state index contributed by atoms with van der Waals surface area (Å²) < 4.78 is 28.3. The van der Waals surface area contributed by atoms with Gasteiger partial charge in [0.2, 0.25) is 9.84 Å². The molecule has 0 radical (unpaired) electrons. The van der Waals surface area contributed by atoms with Gasteiger partial charge in [0.1, 0.15) is 16.2 Å². The fourth-order valence-electron chi connectivity index (χ4n) is 3.44. The molecule has 10 heteroatoms. The molecule has 2 heterocycles. The summed E-state index contributed by atoms with van der Waals surface area (Å²) in [6.45, 7) is 0. The normalized spacial score (nSPS) is 12.2. The lowest BCUT2D eigenvalue weighted by Crippen LogP contribution is -2.06. The first-order chi connectivity index (χ1) is 15.9. The van der Waals surface area contributed by atoms with Crippen molar-refractivity contribution in [3.05, 3.63) is 88.4 Å². The zero-order valence-electron chi connectivity index (χ0n) is 16.9. The third-order valence-electron chi connectivity index (χ3n) is 5.02. The Labute approximate surface area is 199 Å². The standard InChI is InChI=1S/C23H15Cl2N5O2S/c24-16-11-10-14(12-17(16)25)13-27-30-22(26)21(33(31,32)15-6-2-1-3-7-15)20-23(30)29-19-9-5-4-8-18(19)28-20/h1-13H,26H2. The first kappa shape index (κ1) is 21.4. The van der Waals surface area contributed by atoms with Gasteiger partial charge >= 0.3 is 0 Å². The summed E-state index contributed by atoms with van der Waals surface area (Å²) in [4.78, 5) is 9.13. The largest absolute Gasteiger partial charge is 0.382 e. The van der Waals surface area contributed by atoms with Crippen LogP contribution in [0.15, 0.2) is 87.7 Å². The molecule has 0 saturated heterocycles. The van der Waals surface area contributed by atoms with E-state index in [1.54, 1.807) is 54.6 Å². The van der Waals surface area contributed by atoms with Crippen LogP contribution < -0.4 is 5.73 Å². The van der Waals surface area contributed by atoms with Crippen molar-refractivity contribution in [3.8, 4) is 0 Å². The number of rotatable bonds is 4. The Hall–Kier alpha value is -3.46. The van der Waals surface area contributed by atoms with E-state index in [0.717, 1.165) is 0 Å². The van der Waals surface area contributed by atoms with Crippen LogP contribution >= 0.6 is 23.2 Å². The van der Waals surface area contributed by atoms with E-state index < -0.39 is 9.84 Å². The van der Waals surface area contributed by atoms with Gasteiger partial charge in [0.25, 0.3) is 0 Å². The minimum absolute atomic E-state index is 0.0965. The molecule has 0 amide bonds. The summed E-state index contributed by atoms with van der Waals surface area (Å²) in [5.74, 6) is -0.0968. The van der Waals surface area contributed by atoms with Crippen LogP contribution in [0.25, 0.3) is 22.2 Å². The number of fused-ring (bicyclic) bond motifs is 2. The number of aromatic nitrogens is 3. The van der Waals surface area contributed by atoms with Crippen molar-refractivity contribution in [2.24, 2.45) is 5.10 Å². The van der Waals surface area contributed by atoms with E-state index in [1.165, 1.54) is 23.0 Å². The van der Waals surface area contributed by atoms with Crippen LogP contribution in [0.5, 0.6) is 0 Å². The maximum absolute atomic E-state index is 13.5. The van der Waals surface area contributed by atoms with Crippen LogP contribution in [-0.2, 0) is 9.84 Å². The molecule has 33 heavy (non-hydrogen) atoms. The Morgan fingerprint density at radius 2 is 1.55 bits per heavy atom. The predicted molar refractivity (Wildman–Crippen MR) is 131 cm³/mol. The van der Waals surface area contributed by atoms with Crippen molar-refractivity contribution in [1.82, 2.24) is 14.6 Å². The third-order valence-corrected chi connectivity index (χ3v) is 7.59. The zero-order chi connectivity index (χ0) is 23.2. The smallest absolute Gasteiger partial charge is 0.212 e. The average Bonchev–Trinajstić information content (AvgIpc) is 3.09. The first-order valence-corrected chi connectivity index (χ1v) is 12.0. The minimum atomic E-state index is -4.00. The molecule has 0 fully saturated rings. The number of para-hydroxylation sites is 2. The summed E-state index contributed by atoms with van der Waals surface area (Å²) in [7, 11) is -4.00. The maximum atomic E-state index is 13.5. The highest BCUT2D eigenvalue weighted by atomic mass is 35.5. The summed E-state index contributed by atoms with van der Waals surface area (Å²) in [5.41, 5.74) is 8.49. The summed E-state index contributed by atoms with van der Waals surface area (Å²) in [6.07, 6.45) is 1.49. The molecule has 0 unspecified atom stereocenters. The van der Waals surface area contributed by atoms with Crippen LogP contribution in [-0.4, -0.2) is 29.3 Å². The third kappa shape index (κ3) is 3.72. The number of nitrogens with two attached hydrogens (primary N) is 1. The van der Waals surface area contributed by atoms with Crippen LogP contribution in [0.3, 0.4) is 0 Å². The molecule has 2 aromatic heterocycles. The van der Waals surface area contributed by atoms with Crippen LogP contribution in [0.2, 0.25) is 10.0 Å². The predicted octanol–water partition coefficient (Wildman–Crippen LogP) is 5.19. The molecule has 0 aliphatic carbocycles. The number of benzene rings is 3. The molecule has 7 nitrogen and oxygen atoms in total. The quantitative estimate of drug-likeness (QED) is 0.345. The molecule has 5 aromatic rings. The van der Waals surface area contributed by atoms with E-state index in [4.69, 9.17) is 28.9 Å². The number of hydrogen-bond donors (Lipinski definition) is 1. The first-order valence-electron chi connectivity index (χ1n) is 9.72. The van der Waals surface area contributed by atoms with Gasteiger partial charge in [-0.3, -0.25) is 0 Å². The van der Waals surface area contributed by atoms with Crippen molar-refractivity contribution < 1.29 is 8.42 Å². The second-order valence-electron chi connectivity index (χ2n) is 7.15. The van der Waals surface area contributed by atoms with Crippen molar-refractivity contribution in [3.63, 3.8) is 0 Å². The highest BCUT2D eigenvalue weighted by molar-refractivity contribution is 7.92. The van der Waals surface area contributed by atoms with Gasteiger partial charge in [-0.1, -0.05) is 59.6 Å². The van der Waals surface area contributed by atoms with E-state index in [-0.39, 0.29) is 26.8 Å². The molecule has 5 rings (SSSR count). The van der Waals surface area contributed by atoms with Crippen molar-refractivity contribution in [2.75, 3.05) is 5.73 Å². The highest BCUT2D eigenvalue weighted by Gasteiger charge is 2.30. The molecule has 0 aliphatic rings. The molecule has 0 saturated carbocycles. The van der Waals surface area contributed by atoms with E-state index in [0.29, 0.717) is 26.6 Å². The van der Waals surface area contributed by atoms with Gasteiger partial charge in [-0.15, -0.1) is 0 Å². The fraction of sp³-hybridized carbons (Fsp3) is 0. The summed E-state index contributed by atoms with van der Waals surface area (Å²) >= 11 is 12.1. The maximum Gasteiger partial charge on any atom is 0.212 e. The lowest BCUT2D eigenvalue weighted by atomic mass is 10.2. The molecular weight excluding hydrogens is 481 g/mol. The van der Waals surface area contributed by atoms with Crippen molar-refractivity contribution in [2.45, 2.75) is 9.79 Å². The fourth-order valence-corrected chi connectivity index (χ4v) is 5.25. The van der Waals surface area contributed by atoms with Crippen molar-refractivity contribution in [1.29, 1.82) is 0 Å². The Bertz CT molecular complexity index is 1670. The van der Waals surface area contributed by atoms with E-state index in [2.05, 4.69) is 15.1 Å². The molecule has 2 N–H and O–H groups in total. The number of nitrogen functional groups attached to an aromatic ring is 1. The Morgan fingerprint density at radius 1 is 0.879 bits per heavy atom. The molecular formula is C23H15Cl2N5O2S. The molecule has 0 aliphatic heterocycles. The van der Waals surface area contributed by atoms with E-state index >= 15 is 0 Å². The molecule has 3 aromatic carbocycles. The van der Waals surface area contributed by atoms with Gasteiger partial charge in [-0.05, 0) is 42.0 Å². The summed E-state index contributed by atoms with van der Waals surface area (Å²) in [6, 6.07) is 20.2. The van der Waals surface area contributed by atoms with Crippen LogP contribution in [0, 0.1) is 0 Å². The minimum Gasteiger partial charge on any atom is -0.382 e. The second kappa shape index (κ2) is 8.15. The Morgan fingerprint density at radius 3 is 2.24 bits per heavy atom. The Kier molecular flexibility index (Phi) is 5.28. The second-order valence-corrected chi connectivity index (χ2v) is 9.85. The lowest BCUT2D eigenvalue weighted by Gasteiger charge is -2.04. The molecule has 164 valence electrons. The van der Waals surface area contributed by atoms with Crippen molar-refractivity contribution >= 4 is 67.3 Å². The lowest BCUT2D eigenvalue weighted by molar-refractivity contribution is 0.597. The zero-order valence-corrected chi connectivity index (χ0v) is 19.2. The number of nitrogens with zero attached hydrogens (tertiary/aromatic N) is 4. The highest BCUT2D eigenvalue weighted by Crippen LogP contribution is 2.35. The molecule has 0 bridgehead atoms. The number of halogens is 2. The van der Waals surface area contributed by atoms with Crippen LogP contribution in [0.4, 0.5) is 5.82 Å².